The van der Waals surface area contributed by atoms with Crippen LogP contribution >= 0.6 is 7.37 Å². The molecule has 1 heterocycles. The van der Waals surface area contributed by atoms with Crippen molar-refractivity contribution in [1.82, 2.24) is 0 Å². The van der Waals surface area contributed by atoms with Gasteiger partial charge in [0.2, 0.25) is 13.3 Å². The molecule has 0 aliphatic rings. The smallest absolute Gasteiger partial charge is 0.241 e. The zero-order valence-corrected chi connectivity index (χ0v) is 16.4. The molecule has 6 heteroatoms. The Bertz CT molecular complexity index is 1240. The molecule has 4 rings (SSSR count). The Morgan fingerprint density at radius 1 is 1.07 bits per heavy atom. The Balaban J connectivity index is 1.73. The zero-order chi connectivity index (χ0) is 19.9. The molecule has 0 aliphatic heterocycles. The fraction of sp³-hybridized carbons (Fsp3) is 0.136. The fourth-order valence-electron chi connectivity index (χ4n) is 3.47. The topological polar surface area (TPSA) is 79.5 Å². The third kappa shape index (κ3) is 3.47. The minimum atomic E-state index is -3.80. The van der Waals surface area contributed by atoms with E-state index in [-0.39, 0.29) is 0 Å². The number of anilines is 1. The number of aryl methyl sites for hydroxylation is 1. The van der Waals surface area contributed by atoms with Gasteiger partial charge in [0, 0.05) is 23.3 Å². The average Bonchev–Trinajstić information content (AvgIpc) is 3.03. The van der Waals surface area contributed by atoms with Gasteiger partial charge in [-0.1, -0.05) is 42.0 Å². The Hall–Kier alpha value is -2.88. The second-order valence-corrected chi connectivity index (χ2v) is 9.49. The standard InChI is InChI=1S/C22H20NO4P/c1-14-7-10-20-18(11-14)19(13-27-20)21(28(2,25)26)22(24)23-17-9-8-15-5-3-4-6-16(15)12-17/h3-13,21H,1-2H3,(H,23,24)(H,25,26). The van der Waals surface area contributed by atoms with E-state index in [4.69, 9.17) is 4.42 Å². The molecule has 2 N–H and O–H groups in total. The maximum Gasteiger partial charge on any atom is 0.241 e. The summed E-state index contributed by atoms with van der Waals surface area (Å²) in [6.07, 6.45) is 1.40. The molecule has 4 aromatic rings. The minimum Gasteiger partial charge on any atom is -0.464 e. The van der Waals surface area contributed by atoms with Crippen LogP contribution in [0.15, 0.2) is 71.3 Å². The lowest BCUT2D eigenvalue weighted by molar-refractivity contribution is -0.116. The average molecular weight is 393 g/mol. The molecule has 1 aromatic heterocycles. The highest BCUT2D eigenvalue weighted by atomic mass is 31.2. The number of amides is 1. The summed E-state index contributed by atoms with van der Waals surface area (Å²) < 4.78 is 18.2. The van der Waals surface area contributed by atoms with E-state index in [1.54, 1.807) is 12.1 Å². The predicted molar refractivity (Wildman–Crippen MR) is 112 cm³/mol. The van der Waals surface area contributed by atoms with Crippen LogP contribution in [0.4, 0.5) is 5.69 Å². The van der Waals surface area contributed by atoms with Gasteiger partial charge in [-0.15, -0.1) is 0 Å². The summed E-state index contributed by atoms with van der Waals surface area (Å²) in [4.78, 5) is 23.4. The molecule has 0 radical (unpaired) electrons. The Morgan fingerprint density at radius 2 is 1.82 bits per heavy atom. The van der Waals surface area contributed by atoms with Gasteiger partial charge in [0.25, 0.3) is 0 Å². The van der Waals surface area contributed by atoms with Gasteiger partial charge >= 0.3 is 0 Å². The van der Waals surface area contributed by atoms with Crippen LogP contribution in [0.2, 0.25) is 0 Å². The molecule has 2 atom stereocenters. The van der Waals surface area contributed by atoms with Crippen molar-refractivity contribution < 1.29 is 18.7 Å². The van der Waals surface area contributed by atoms with E-state index in [1.807, 2.05) is 55.5 Å². The number of carbonyl (C=O) groups excluding carboxylic acids is 1. The highest BCUT2D eigenvalue weighted by Gasteiger charge is 2.37. The number of carbonyl (C=O) groups is 1. The fourth-order valence-corrected chi connectivity index (χ4v) is 4.68. The molecule has 0 fully saturated rings. The van der Waals surface area contributed by atoms with Crippen LogP contribution in [0, 0.1) is 6.92 Å². The van der Waals surface area contributed by atoms with Crippen molar-refractivity contribution in [3.05, 3.63) is 78.1 Å². The van der Waals surface area contributed by atoms with E-state index < -0.39 is 18.9 Å². The molecule has 1 amide bonds. The molecule has 3 aromatic carbocycles. The number of hydrogen-bond donors (Lipinski definition) is 2. The third-order valence-electron chi connectivity index (χ3n) is 4.80. The van der Waals surface area contributed by atoms with Crippen LogP contribution in [0.25, 0.3) is 21.7 Å². The molecule has 5 nitrogen and oxygen atoms in total. The van der Waals surface area contributed by atoms with Gasteiger partial charge in [-0.25, -0.2) is 0 Å². The van der Waals surface area contributed by atoms with Gasteiger partial charge in [0.15, 0.2) is 0 Å². The summed E-state index contributed by atoms with van der Waals surface area (Å²) in [7, 11) is -3.80. The normalized spacial score (nSPS) is 14.7. The molecule has 0 aliphatic carbocycles. The second kappa shape index (κ2) is 6.93. The Labute approximate surface area is 162 Å². The maximum atomic E-state index is 13.0. The van der Waals surface area contributed by atoms with Crippen LogP contribution in [-0.2, 0) is 9.36 Å². The quantitative estimate of drug-likeness (QED) is 0.450. The monoisotopic (exact) mass is 393 g/mol. The minimum absolute atomic E-state index is 0.422. The van der Waals surface area contributed by atoms with Crippen LogP contribution in [0.3, 0.4) is 0 Å². The SMILES string of the molecule is Cc1ccc2occ(C(C(=O)Nc3ccc4ccccc4c3)P(C)(=O)O)c2c1. The van der Waals surface area contributed by atoms with Crippen molar-refractivity contribution in [2.45, 2.75) is 12.6 Å². The number of hydrogen-bond acceptors (Lipinski definition) is 3. The highest BCUT2D eigenvalue weighted by Crippen LogP contribution is 2.54. The first-order valence-corrected chi connectivity index (χ1v) is 11.1. The lowest BCUT2D eigenvalue weighted by Gasteiger charge is -2.19. The second-order valence-electron chi connectivity index (χ2n) is 7.09. The predicted octanol–water partition coefficient (Wildman–Crippen LogP) is 5.47. The summed E-state index contributed by atoms with van der Waals surface area (Å²) in [6, 6.07) is 18.9. The van der Waals surface area contributed by atoms with Crippen molar-refractivity contribution in [3.63, 3.8) is 0 Å². The molecule has 0 spiro atoms. The van der Waals surface area contributed by atoms with Crippen LogP contribution in [-0.4, -0.2) is 17.5 Å². The molecular weight excluding hydrogens is 373 g/mol. The molecule has 142 valence electrons. The number of fused-ring (bicyclic) bond motifs is 2. The zero-order valence-electron chi connectivity index (χ0n) is 15.5. The Kier molecular flexibility index (Phi) is 4.58. The van der Waals surface area contributed by atoms with Gasteiger partial charge in [-0.2, -0.15) is 0 Å². The van der Waals surface area contributed by atoms with E-state index in [1.165, 1.54) is 12.9 Å². The number of benzene rings is 3. The van der Waals surface area contributed by atoms with Gasteiger partial charge in [-0.3, -0.25) is 9.36 Å². The molecule has 28 heavy (non-hydrogen) atoms. The lowest BCUT2D eigenvalue weighted by Crippen LogP contribution is -2.21. The summed E-state index contributed by atoms with van der Waals surface area (Å²) in [5.74, 6) is -0.534. The summed E-state index contributed by atoms with van der Waals surface area (Å²) in [5, 5.41) is 5.50. The molecule has 0 saturated heterocycles. The first-order valence-electron chi connectivity index (χ1n) is 8.90. The number of rotatable bonds is 4. The summed E-state index contributed by atoms with van der Waals surface area (Å²) >= 11 is 0. The molecule has 0 bridgehead atoms. The Morgan fingerprint density at radius 3 is 2.57 bits per heavy atom. The van der Waals surface area contributed by atoms with Gasteiger partial charge in [0.1, 0.15) is 11.2 Å². The van der Waals surface area contributed by atoms with E-state index in [9.17, 15) is 14.3 Å². The number of furan rings is 1. The van der Waals surface area contributed by atoms with Crippen molar-refractivity contribution in [2.24, 2.45) is 0 Å². The van der Waals surface area contributed by atoms with Crippen molar-refractivity contribution in [2.75, 3.05) is 12.0 Å². The summed E-state index contributed by atoms with van der Waals surface area (Å²) in [5.41, 5.74) is 1.34. The van der Waals surface area contributed by atoms with Gasteiger partial charge in [-0.05, 0) is 42.0 Å². The van der Waals surface area contributed by atoms with E-state index >= 15 is 0 Å². The molecule has 0 saturated carbocycles. The number of nitrogens with one attached hydrogen (secondary N) is 1. The van der Waals surface area contributed by atoms with E-state index in [0.717, 1.165) is 16.3 Å². The highest BCUT2D eigenvalue weighted by molar-refractivity contribution is 7.58. The van der Waals surface area contributed by atoms with Crippen molar-refractivity contribution >= 4 is 40.7 Å². The van der Waals surface area contributed by atoms with Crippen LogP contribution in [0.5, 0.6) is 0 Å². The van der Waals surface area contributed by atoms with Crippen LogP contribution < -0.4 is 5.32 Å². The first kappa shape index (κ1) is 18.5. The lowest BCUT2D eigenvalue weighted by atomic mass is 10.1. The van der Waals surface area contributed by atoms with E-state index in [2.05, 4.69) is 5.32 Å². The van der Waals surface area contributed by atoms with Crippen molar-refractivity contribution in [1.29, 1.82) is 0 Å². The van der Waals surface area contributed by atoms with Crippen LogP contribution in [0.1, 0.15) is 16.8 Å². The maximum absolute atomic E-state index is 13.0. The van der Waals surface area contributed by atoms with Gasteiger partial charge in [0.05, 0.1) is 6.26 Å². The first-order chi connectivity index (χ1) is 13.3. The summed E-state index contributed by atoms with van der Waals surface area (Å²) in [6.45, 7) is 3.12. The van der Waals surface area contributed by atoms with Gasteiger partial charge < -0.3 is 14.6 Å². The third-order valence-corrected chi connectivity index (χ3v) is 6.27. The largest absolute Gasteiger partial charge is 0.464 e. The molecule has 2 unspecified atom stereocenters. The van der Waals surface area contributed by atoms with Crippen molar-refractivity contribution in [3.8, 4) is 0 Å². The van der Waals surface area contributed by atoms with E-state index in [0.29, 0.717) is 22.2 Å². The molecular formula is C22H20NO4P.